The molecule has 0 saturated heterocycles. The van der Waals surface area contributed by atoms with Gasteiger partial charge in [-0.25, -0.2) is 0 Å². The normalized spacial score (nSPS) is 13.9. The van der Waals surface area contributed by atoms with E-state index < -0.39 is 0 Å². The van der Waals surface area contributed by atoms with E-state index in [1.165, 1.54) is 5.56 Å². The smallest absolute Gasteiger partial charge is 0.251 e. The second-order valence-corrected chi connectivity index (χ2v) is 6.08. The number of hydrogen-bond acceptors (Lipinski definition) is 3. The van der Waals surface area contributed by atoms with E-state index in [1.54, 1.807) is 0 Å². The summed E-state index contributed by atoms with van der Waals surface area (Å²) in [6, 6.07) is 13.4. The highest BCUT2D eigenvalue weighted by molar-refractivity contribution is 5.94. The summed E-state index contributed by atoms with van der Waals surface area (Å²) in [5.41, 5.74) is 2.88. The fourth-order valence-electron chi connectivity index (χ4n) is 2.57. The van der Waals surface area contributed by atoms with E-state index in [4.69, 9.17) is 9.47 Å². The summed E-state index contributed by atoms with van der Waals surface area (Å²) < 4.78 is 10.7. The van der Waals surface area contributed by atoms with Crippen LogP contribution >= 0.6 is 0 Å². The lowest BCUT2D eigenvalue weighted by Crippen LogP contribution is -2.26. The monoisotopic (exact) mass is 311 g/mol. The predicted molar refractivity (Wildman–Crippen MR) is 89.0 cm³/mol. The first kappa shape index (κ1) is 15.4. The van der Waals surface area contributed by atoms with Crippen molar-refractivity contribution in [3.63, 3.8) is 0 Å². The Kier molecular flexibility index (Phi) is 4.24. The van der Waals surface area contributed by atoms with Crippen LogP contribution in [0.4, 0.5) is 0 Å². The van der Waals surface area contributed by atoms with Gasteiger partial charge in [-0.15, -0.1) is 0 Å². The highest BCUT2D eigenvalue weighted by Gasteiger charge is 2.17. The van der Waals surface area contributed by atoms with Gasteiger partial charge in [0.2, 0.25) is 6.79 Å². The van der Waals surface area contributed by atoms with Crippen LogP contribution in [0.3, 0.4) is 0 Å². The van der Waals surface area contributed by atoms with Crippen molar-refractivity contribution in [1.29, 1.82) is 0 Å². The van der Waals surface area contributed by atoms with Gasteiger partial charge in [0.05, 0.1) is 6.04 Å². The number of fused-ring (bicyclic) bond motifs is 1. The summed E-state index contributed by atoms with van der Waals surface area (Å²) >= 11 is 0. The Hall–Kier alpha value is -2.49. The average molecular weight is 311 g/mol. The van der Waals surface area contributed by atoms with E-state index in [2.05, 4.69) is 19.2 Å². The molecule has 0 bridgehead atoms. The van der Waals surface area contributed by atoms with Crippen LogP contribution in [0.2, 0.25) is 0 Å². The number of rotatable bonds is 4. The van der Waals surface area contributed by atoms with Crippen LogP contribution in [0.15, 0.2) is 42.5 Å². The molecule has 1 aliphatic heterocycles. The van der Waals surface area contributed by atoms with Gasteiger partial charge >= 0.3 is 0 Å². The fraction of sp³-hybridized carbons (Fsp3) is 0.316. The number of nitrogens with one attached hydrogen (secondary N) is 1. The number of hydrogen-bond donors (Lipinski definition) is 1. The number of benzene rings is 2. The summed E-state index contributed by atoms with van der Waals surface area (Å²) in [6.45, 7) is 6.48. The SMILES string of the molecule is CC(C)c1ccc(C(=O)N[C@@H](C)c2ccc3c(c2)OCO3)cc1. The van der Waals surface area contributed by atoms with Crippen LogP contribution in [-0.4, -0.2) is 12.7 Å². The van der Waals surface area contributed by atoms with Crippen molar-refractivity contribution < 1.29 is 14.3 Å². The second-order valence-electron chi connectivity index (χ2n) is 6.08. The summed E-state index contributed by atoms with van der Waals surface area (Å²) in [4.78, 5) is 12.4. The van der Waals surface area contributed by atoms with Crippen molar-refractivity contribution >= 4 is 5.91 Å². The third kappa shape index (κ3) is 3.31. The molecule has 0 radical (unpaired) electrons. The van der Waals surface area contributed by atoms with Crippen molar-refractivity contribution in [2.45, 2.75) is 32.7 Å². The van der Waals surface area contributed by atoms with E-state index in [-0.39, 0.29) is 18.7 Å². The first-order chi connectivity index (χ1) is 11.0. The third-order valence-electron chi connectivity index (χ3n) is 4.08. The van der Waals surface area contributed by atoms with Gasteiger partial charge < -0.3 is 14.8 Å². The molecule has 3 rings (SSSR count). The number of carbonyl (C=O) groups excluding carboxylic acids is 1. The van der Waals surface area contributed by atoms with Crippen molar-refractivity contribution in [2.24, 2.45) is 0 Å². The molecule has 2 aromatic rings. The maximum absolute atomic E-state index is 12.4. The molecule has 4 nitrogen and oxygen atoms in total. The molecule has 0 fully saturated rings. The standard InChI is InChI=1S/C19H21NO3/c1-12(2)14-4-6-15(7-5-14)19(21)20-13(3)16-8-9-17-18(10-16)23-11-22-17/h4-10,12-13H,11H2,1-3H3,(H,20,21)/t13-/m0/s1. The zero-order chi connectivity index (χ0) is 16.4. The Balaban J connectivity index is 1.69. The number of ether oxygens (including phenoxy) is 2. The van der Waals surface area contributed by atoms with E-state index in [9.17, 15) is 4.79 Å². The Morgan fingerprint density at radius 1 is 0.957 bits per heavy atom. The van der Waals surface area contributed by atoms with Gasteiger partial charge in [-0.3, -0.25) is 4.79 Å². The summed E-state index contributed by atoms with van der Waals surface area (Å²) in [5, 5.41) is 3.02. The topological polar surface area (TPSA) is 47.6 Å². The molecule has 1 amide bonds. The van der Waals surface area contributed by atoms with Gasteiger partial charge in [-0.2, -0.15) is 0 Å². The third-order valence-corrected chi connectivity index (χ3v) is 4.08. The molecule has 23 heavy (non-hydrogen) atoms. The molecule has 1 heterocycles. The Morgan fingerprint density at radius 2 is 1.61 bits per heavy atom. The Labute approximate surface area is 136 Å². The zero-order valence-corrected chi connectivity index (χ0v) is 13.6. The summed E-state index contributed by atoms with van der Waals surface area (Å²) in [7, 11) is 0. The Morgan fingerprint density at radius 3 is 2.30 bits per heavy atom. The molecule has 0 aliphatic carbocycles. The highest BCUT2D eigenvalue weighted by Crippen LogP contribution is 2.34. The Bertz CT molecular complexity index is 707. The van der Waals surface area contributed by atoms with E-state index in [1.807, 2.05) is 49.4 Å². The molecule has 0 aromatic heterocycles. The van der Waals surface area contributed by atoms with Crippen LogP contribution < -0.4 is 14.8 Å². The molecule has 4 heteroatoms. The lowest BCUT2D eigenvalue weighted by atomic mass is 10.0. The summed E-state index contributed by atoms with van der Waals surface area (Å²) in [5.74, 6) is 1.85. The largest absolute Gasteiger partial charge is 0.454 e. The predicted octanol–water partition coefficient (Wildman–Crippen LogP) is 4.03. The number of carbonyl (C=O) groups is 1. The van der Waals surface area contributed by atoms with Crippen LogP contribution in [0.1, 0.15) is 54.2 Å². The lowest BCUT2D eigenvalue weighted by molar-refractivity contribution is 0.0939. The lowest BCUT2D eigenvalue weighted by Gasteiger charge is -2.15. The molecular weight excluding hydrogens is 290 g/mol. The van der Waals surface area contributed by atoms with Crippen molar-refractivity contribution in [2.75, 3.05) is 6.79 Å². The van der Waals surface area contributed by atoms with Crippen LogP contribution in [0, 0.1) is 0 Å². The van der Waals surface area contributed by atoms with Crippen molar-refractivity contribution in [1.82, 2.24) is 5.32 Å². The summed E-state index contributed by atoms with van der Waals surface area (Å²) in [6.07, 6.45) is 0. The molecule has 1 N–H and O–H groups in total. The van der Waals surface area contributed by atoms with Crippen LogP contribution in [0.5, 0.6) is 11.5 Å². The molecule has 0 spiro atoms. The minimum Gasteiger partial charge on any atom is -0.454 e. The van der Waals surface area contributed by atoms with Crippen LogP contribution in [0.25, 0.3) is 0 Å². The molecule has 1 aliphatic rings. The van der Waals surface area contributed by atoms with Gasteiger partial charge in [-0.05, 0) is 48.2 Å². The molecule has 0 saturated carbocycles. The van der Waals surface area contributed by atoms with Crippen molar-refractivity contribution in [3.8, 4) is 11.5 Å². The van der Waals surface area contributed by atoms with Crippen LogP contribution in [-0.2, 0) is 0 Å². The van der Waals surface area contributed by atoms with E-state index in [0.29, 0.717) is 11.5 Å². The molecule has 0 unspecified atom stereocenters. The van der Waals surface area contributed by atoms with E-state index >= 15 is 0 Å². The van der Waals surface area contributed by atoms with Crippen molar-refractivity contribution in [3.05, 3.63) is 59.2 Å². The van der Waals surface area contributed by atoms with Gasteiger partial charge in [0.25, 0.3) is 5.91 Å². The second kappa shape index (κ2) is 6.32. The molecule has 2 aromatic carbocycles. The molecule has 1 atom stereocenters. The zero-order valence-electron chi connectivity index (χ0n) is 13.6. The first-order valence-electron chi connectivity index (χ1n) is 7.85. The van der Waals surface area contributed by atoms with Gasteiger partial charge in [-0.1, -0.05) is 32.0 Å². The maximum Gasteiger partial charge on any atom is 0.251 e. The van der Waals surface area contributed by atoms with Gasteiger partial charge in [0.15, 0.2) is 11.5 Å². The van der Waals surface area contributed by atoms with Gasteiger partial charge in [0, 0.05) is 5.56 Å². The average Bonchev–Trinajstić information content (AvgIpc) is 3.02. The first-order valence-corrected chi connectivity index (χ1v) is 7.85. The molecule has 120 valence electrons. The minimum absolute atomic E-state index is 0.0783. The van der Waals surface area contributed by atoms with Gasteiger partial charge in [0.1, 0.15) is 0 Å². The quantitative estimate of drug-likeness (QED) is 0.927. The highest BCUT2D eigenvalue weighted by atomic mass is 16.7. The fourth-order valence-corrected chi connectivity index (χ4v) is 2.57. The van der Waals surface area contributed by atoms with E-state index in [0.717, 1.165) is 17.1 Å². The maximum atomic E-state index is 12.4. The molecular formula is C19H21NO3. The number of amides is 1. The minimum atomic E-state index is -0.109.